The highest BCUT2D eigenvalue weighted by Crippen LogP contribution is 2.32. The molecule has 0 radical (unpaired) electrons. The van der Waals surface area contributed by atoms with Crippen LogP contribution in [0.15, 0.2) is 36.4 Å². The maximum absolute atomic E-state index is 5.98. The van der Waals surface area contributed by atoms with Gasteiger partial charge in [0.05, 0.1) is 12.8 Å². The third-order valence-corrected chi connectivity index (χ3v) is 3.76. The molecule has 0 aliphatic heterocycles. The van der Waals surface area contributed by atoms with Crippen LogP contribution in [0.5, 0.6) is 17.2 Å². The third-order valence-electron chi connectivity index (χ3n) is 3.76. The normalized spacial score (nSPS) is 13.7. The van der Waals surface area contributed by atoms with E-state index in [2.05, 4.69) is 12.1 Å². The highest BCUT2D eigenvalue weighted by Gasteiger charge is 2.11. The molecule has 3 rings (SSSR count). The average Bonchev–Trinajstić information content (AvgIpc) is 2.49. The summed E-state index contributed by atoms with van der Waals surface area (Å²) in [6, 6.07) is 11.8. The van der Waals surface area contributed by atoms with Gasteiger partial charge in [-0.15, -0.1) is 0 Å². The fraction of sp³-hybridized carbons (Fsp3) is 0.294. The van der Waals surface area contributed by atoms with Crippen molar-refractivity contribution in [3.8, 4) is 17.2 Å². The van der Waals surface area contributed by atoms with Crippen molar-refractivity contribution in [1.29, 1.82) is 0 Å². The van der Waals surface area contributed by atoms with Gasteiger partial charge >= 0.3 is 0 Å². The standard InChI is InChI=1S/C17H19NO2/c1-19-14-8-9-17(16(18)11-14)20-15-7-6-12-4-2-3-5-13(12)10-15/h6-11H,2-5,18H2,1H3. The first-order valence-corrected chi connectivity index (χ1v) is 6.99. The lowest BCUT2D eigenvalue weighted by Crippen LogP contribution is -2.02. The smallest absolute Gasteiger partial charge is 0.150 e. The number of aryl methyl sites for hydroxylation is 2. The Kier molecular flexibility index (Phi) is 3.50. The van der Waals surface area contributed by atoms with Gasteiger partial charge in [0.2, 0.25) is 0 Å². The number of methoxy groups -OCH3 is 1. The van der Waals surface area contributed by atoms with Gasteiger partial charge in [0.25, 0.3) is 0 Å². The molecular weight excluding hydrogens is 250 g/mol. The van der Waals surface area contributed by atoms with Gasteiger partial charge < -0.3 is 15.2 Å². The van der Waals surface area contributed by atoms with Crippen LogP contribution >= 0.6 is 0 Å². The van der Waals surface area contributed by atoms with Gasteiger partial charge in [0.15, 0.2) is 5.75 Å². The molecule has 0 unspecified atom stereocenters. The minimum Gasteiger partial charge on any atom is -0.497 e. The van der Waals surface area contributed by atoms with E-state index in [0.717, 1.165) is 17.9 Å². The molecule has 0 spiro atoms. The molecule has 0 amide bonds. The van der Waals surface area contributed by atoms with E-state index in [9.17, 15) is 0 Å². The van der Waals surface area contributed by atoms with Crippen molar-refractivity contribution in [3.05, 3.63) is 47.5 Å². The number of benzene rings is 2. The first-order chi connectivity index (χ1) is 9.76. The molecule has 3 heteroatoms. The molecule has 0 bridgehead atoms. The molecule has 0 heterocycles. The van der Waals surface area contributed by atoms with Crippen molar-refractivity contribution >= 4 is 5.69 Å². The molecule has 0 fully saturated rings. The lowest BCUT2D eigenvalue weighted by Gasteiger charge is -2.17. The number of anilines is 1. The van der Waals surface area contributed by atoms with Crippen LogP contribution in [0.1, 0.15) is 24.0 Å². The van der Waals surface area contributed by atoms with Gasteiger partial charge in [-0.3, -0.25) is 0 Å². The van der Waals surface area contributed by atoms with Crippen LogP contribution in [-0.4, -0.2) is 7.11 Å². The van der Waals surface area contributed by atoms with Gasteiger partial charge in [-0.2, -0.15) is 0 Å². The number of ether oxygens (including phenoxy) is 2. The maximum Gasteiger partial charge on any atom is 0.150 e. The van der Waals surface area contributed by atoms with E-state index in [1.807, 2.05) is 18.2 Å². The Bertz CT molecular complexity index is 622. The Morgan fingerprint density at radius 3 is 2.40 bits per heavy atom. The summed E-state index contributed by atoms with van der Waals surface area (Å²) in [4.78, 5) is 0. The largest absolute Gasteiger partial charge is 0.497 e. The molecule has 0 saturated heterocycles. The number of hydrogen-bond donors (Lipinski definition) is 1. The van der Waals surface area contributed by atoms with Crippen LogP contribution < -0.4 is 15.2 Å². The second-order valence-corrected chi connectivity index (χ2v) is 5.14. The molecule has 2 aromatic rings. The average molecular weight is 269 g/mol. The zero-order valence-electron chi connectivity index (χ0n) is 11.7. The topological polar surface area (TPSA) is 44.5 Å². The summed E-state index contributed by atoms with van der Waals surface area (Å²) >= 11 is 0. The SMILES string of the molecule is COc1ccc(Oc2ccc3c(c2)CCCC3)c(N)c1. The van der Waals surface area contributed by atoms with Crippen LogP contribution in [-0.2, 0) is 12.8 Å². The Hall–Kier alpha value is -2.16. The van der Waals surface area contributed by atoms with E-state index in [0.29, 0.717) is 11.4 Å². The van der Waals surface area contributed by atoms with Gasteiger partial charge in [-0.25, -0.2) is 0 Å². The number of nitrogen functional groups attached to an aromatic ring is 1. The van der Waals surface area contributed by atoms with Gasteiger partial charge in [-0.1, -0.05) is 6.07 Å². The van der Waals surface area contributed by atoms with Gasteiger partial charge in [0.1, 0.15) is 11.5 Å². The minimum atomic E-state index is 0.585. The maximum atomic E-state index is 5.98. The van der Waals surface area contributed by atoms with Crippen molar-refractivity contribution in [3.63, 3.8) is 0 Å². The Labute approximate surface area is 119 Å². The summed E-state index contributed by atoms with van der Waals surface area (Å²) in [7, 11) is 1.62. The third kappa shape index (κ3) is 2.57. The molecule has 1 aliphatic carbocycles. The number of rotatable bonds is 3. The highest BCUT2D eigenvalue weighted by molar-refractivity contribution is 5.57. The quantitative estimate of drug-likeness (QED) is 0.858. The molecule has 3 nitrogen and oxygen atoms in total. The number of nitrogens with two attached hydrogens (primary N) is 1. The predicted molar refractivity (Wildman–Crippen MR) is 80.6 cm³/mol. The monoisotopic (exact) mass is 269 g/mol. The van der Waals surface area contributed by atoms with E-state index in [-0.39, 0.29) is 0 Å². The zero-order chi connectivity index (χ0) is 13.9. The lowest BCUT2D eigenvalue weighted by atomic mass is 9.92. The van der Waals surface area contributed by atoms with Crippen LogP contribution in [0.25, 0.3) is 0 Å². The Balaban J connectivity index is 1.84. The molecule has 1 aliphatic rings. The van der Waals surface area contributed by atoms with E-state index in [4.69, 9.17) is 15.2 Å². The van der Waals surface area contributed by atoms with Gasteiger partial charge in [0, 0.05) is 6.07 Å². The molecule has 20 heavy (non-hydrogen) atoms. The van der Waals surface area contributed by atoms with Crippen molar-refractivity contribution in [1.82, 2.24) is 0 Å². The van der Waals surface area contributed by atoms with Crippen LogP contribution in [0.2, 0.25) is 0 Å². The molecule has 0 saturated carbocycles. The highest BCUT2D eigenvalue weighted by atomic mass is 16.5. The summed E-state index contributed by atoms with van der Waals surface area (Å²) in [6.45, 7) is 0. The van der Waals surface area contributed by atoms with Crippen molar-refractivity contribution in [2.75, 3.05) is 12.8 Å². The number of hydrogen-bond acceptors (Lipinski definition) is 3. The molecule has 104 valence electrons. The van der Waals surface area contributed by atoms with Crippen molar-refractivity contribution in [2.45, 2.75) is 25.7 Å². The summed E-state index contributed by atoms with van der Waals surface area (Å²) in [5, 5.41) is 0. The van der Waals surface area contributed by atoms with Crippen LogP contribution in [0, 0.1) is 0 Å². The summed E-state index contributed by atoms with van der Waals surface area (Å²) in [5.74, 6) is 2.25. The van der Waals surface area contributed by atoms with Gasteiger partial charge in [-0.05, 0) is 61.1 Å². The second kappa shape index (κ2) is 5.45. The van der Waals surface area contributed by atoms with E-state index in [1.54, 1.807) is 13.2 Å². The summed E-state index contributed by atoms with van der Waals surface area (Å²) in [5.41, 5.74) is 9.42. The Morgan fingerprint density at radius 1 is 0.900 bits per heavy atom. The second-order valence-electron chi connectivity index (χ2n) is 5.14. The van der Waals surface area contributed by atoms with Crippen LogP contribution in [0.4, 0.5) is 5.69 Å². The first kappa shape index (κ1) is 12.9. The molecule has 2 aromatic carbocycles. The minimum absolute atomic E-state index is 0.585. The van der Waals surface area contributed by atoms with E-state index in [1.165, 1.54) is 30.4 Å². The number of fused-ring (bicyclic) bond motifs is 1. The van der Waals surface area contributed by atoms with Crippen molar-refractivity contribution < 1.29 is 9.47 Å². The molecular formula is C17H19NO2. The molecule has 0 aromatic heterocycles. The molecule has 0 atom stereocenters. The predicted octanol–water partition coefficient (Wildman–Crippen LogP) is 3.95. The van der Waals surface area contributed by atoms with Crippen LogP contribution in [0.3, 0.4) is 0 Å². The summed E-state index contributed by atoms with van der Waals surface area (Å²) in [6.07, 6.45) is 4.88. The zero-order valence-corrected chi connectivity index (χ0v) is 11.7. The van der Waals surface area contributed by atoms with E-state index < -0.39 is 0 Å². The lowest BCUT2D eigenvalue weighted by molar-refractivity contribution is 0.413. The first-order valence-electron chi connectivity index (χ1n) is 6.99. The summed E-state index contributed by atoms with van der Waals surface area (Å²) < 4.78 is 11.0. The fourth-order valence-corrected chi connectivity index (χ4v) is 2.65. The van der Waals surface area contributed by atoms with Crippen molar-refractivity contribution in [2.24, 2.45) is 0 Å². The molecule has 2 N–H and O–H groups in total. The van der Waals surface area contributed by atoms with E-state index >= 15 is 0 Å². The Morgan fingerprint density at radius 2 is 1.65 bits per heavy atom. The fourth-order valence-electron chi connectivity index (χ4n) is 2.65.